The maximum atomic E-state index is 13.7. The molecule has 6 rings (SSSR count). The van der Waals surface area contributed by atoms with E-state index >= 15 is 0 Å². The van der Waals surface area contributed by atoms with Gasteiger partial charge < -0.3 is 54.2 Å². The molecule has 0 radical (unpaired) electrons. The number of halogens is 44. The Morgan fingerprint density at radius 1 is 0.358 bits per heavy atom. The van der Waals surface area contributed by atoms with Gasteiger partial charge in [-0.2, -0.15) is 125 Å². The van der Waals surface area contributed by atoms with E-state index in [-0.39, 0.29) is 6.54 Å². The van der Waals surface area contributed by atoms with Gasteiger partial charge >= 0.3 is 92.4 Å². The van der Waals surface area contributed by atoms with Crippen LogP contribution in [0, 0.1) is 0 Å². The summed E-state index contributed by atoms with van der Waals surface area (Å²) in [5, 5.41) is 1.83. The fraction of sp³-hybridized carbons (Fsp3) is 0.789. The van der Waals surface area contributed by atoms with Crippen LogP contribution < -0.4 is 15.1 Å². The Hall–Kier alpha value is -5.50. The topological polar surface area (TPSA) is 201 Å². The molecule has 148 heavy (non-hydrogen) atoms. The molecule has 4 fully saturated rings. The molecule has 2 aromatic rings. The molecule has 0 aliphatic carbocycles. The van der Waals surface area contributed by atoms with E-state index in [0.717, 1.165) is 154 Å². The summed E-state index contributed by atoms with van der Waals surface area (Å²) >= 11 is 0. The van der Waals surface area contributed by atoms with Crippen LogP contribution in [-0.4, -0.2) is 269 Å². The molecule has 2 aromatic carbocycles. The van der Waals surface area contributed by atoms with Crippen LogP contribution in [0.25, 0.3) is 0 Å². The van der Waals surface area contributed by atoms with Crippen molar-refractivity contribution in [1.82, 2.24) is 10.2 Å². The van der Waals surface area contributed by atoms with Gasteiger partial charge in [0.2, 0.25) is 38.3 Å². The molecular weight excluding hydrogens is 2290 g/mol. The molecule has 0 saturated carbocycles. The number of benzene rings is 2. The summed E-state index contributed by atoms with van der Waals surface area (Å²) in [5.41, 5.74) is 3.05. The third-order valence-corrected chi connectivity index (χ3v) is 47.6. The Morgan fingerprint density at radius 2 is 0.608 bits per heavy atom. The molecule has 4 saturated heterocycles. The first-order valence-electron chi connectivity index (χ1n) is 43.3. The van der Waals surface area contributed by atoms with Crippen molar-refractivity contribution < 1.29 is 268 Å². The monoisotopic (exact) mass is 2410 g/mol. The molecule has 4 amide bonds. The van der Waals surface area contributed by atoms with Crippen LogP contribution in [0.2, 0.25) is 101 Å². The van der Waals surface area contributed by atoms with Gasteiger partial charge in [0.25, 0.3) is 5.91 Å². The molecule has 20 nitrogen and oxygen atoms in total. The highest BCUT2D eigenvalue weighted by atomic mass is 28.4. The molecule has 1 N–H and O–H groups in total. The minimum absolute atomic E-state index is 0.182. The number of carbonyl (C=O) groups excluding carboxylic acids is 4. The smallest absolute Gasteiger partial charge is 0.438 e. The van der Waals surface area contributed by atoms with Gasteiger partial charge in [-0.05, 0) is 214 Å². The number of nitrogens with zero attached hydrogens (tertiary/aromatic N) is 3. The lowest BCUT2D eigenvalue weighted by molar-refractivity contribution is -0.322. The standard InChI is InChI=1S/C20H32F3NO3Si2.C19H30F3NO3Si2.C13H24F5NO4Si2.C13H26F3NO3Si2.4C2H2F4.3CH2F2O.4F2/c1-24(19(25)16-20(21,22)23)18-11-8-10-17(15-18)9-4-6-13-29(3)14-7-5-12-26-28(2)27-29;1-23(18(24)15-19(20,21)22)17-10-6-8-16(14-17)9-7-13-28(3)12-5-4-11-25-27(2)26-28;1-24-22-7-3-4-8-25(2,23-24)9-5-6-19-11(20)12(15,21-10-14)13(16,17)18;1-17(12(18)11-13(14,15)16)7-6-10-22(3)9-5-4-8-19-21(2)20-22;4*3-1-2(4,5)6;3*2-1-4-3;4*1-2/h8,10-11,15,28H,4-7,9,12-14,16H2,1-3H3;6,8,10,14,27H,4-5,7,9,11-13,15H2,1-3H3;24H,3-10H2,1-2H3,(H,19,20);21H,4-11H2,1-3H3;4*1H2;3*1H2;;;;. The van der Waals surface area contributed by atoms with Crippen LogP contribution in [0.5, 0.6) is 0 Å². The minimum Gasteiger partial charge on any atom is -0.438 e. The van der Waals surface area contributed by atoms with Gasteiger partial charge in [0, 0.05) is 109 Å². The van der Waals surface area contributed by atoms with Gasteiger partial charge in [-0.3, -0.25) is 23.9 Å². The summed E-state index contributed by atoms with van der Waals surface area (Å²) in [4.78, 5) is 57.0. The Bertz CT molecular complexity index is 3470. The number of amides is 4. The van der Waals surface area contributed by atoms with Crippen molar-refractivity contribution >= 4 is 105 Å². The Morgan fingerprint density at radius 3 is 0.858 bits per heavy atom. The maximum Gasteiger partial charge on any atom is 0.458 e. The lowest BCUT2D eigenvalue weighted by Gasteiger charge is -2.33. The van der Waals surface area contributed by atoms with E-state index in [2.05, 4.69) is 52.3 Å². The number of nitrogens with one attached hydrogen (secondary N) is 1. The average molecular weight is 2410 g/mol. The quantitative estimate of drug-likeness (QED) is 0.0478. The van der Waals surface area contributed by atoms with Crippen molar-refractivity contribution in [2.75, 3.05) is 125 Å². The second-order valence-corrected chi connectivity index (χ2v) is 57.1. The predicted molar refractivity (Wildman–Crippen MR) is 473 cm³/mol. The van der Waals surface area contributed by atoms with E-state index < -0.39 is 223 Å². The largest absolute Gasteiger partial charge is 0.458 e. The first-order chi connectivity index (χ1) is 68.3. The summed E-state index contributed by atoms with van der Waals surface area (Å²) in [6, 6.07) is 22.4. The van der Waals surface area contributed by atoms with Crippen LogP contribution >= 0.6 is 0 Å². The highest BCUT2D eigenvalue weighted by molar-refractivity contribution is 6.79. The SMILES string of the molecule is CN(C(=O)CC(F)(F)F)c1cccc(CCCC[Si]2(C)CCCCO[SiH](C)O2)c1.CN(C(=O)CC(F)(F)F)c1cccc(CCC[Si]2(C)CCCCO[SiH](C)O2)c1.CN(CCC[Si]1(C)CCCCO[SiH](C)O1)C(=O)CC(F)(F)F.C[SiH]1OCCCC[Si](C)(CCCNC(=O)C(F)(OCF)C(F)(F)F)O1.FCC(F)(F)F.FCC(F)(F)F.FCC(F)(F)F.FCC(F)(F)F.FCOF.FCOF.FCOF.FF.FF.FF.FF. The fourth-order valence-electron chi connectivity index (χ4n) is 12.6. The van der Waals surface area contributed by atoms with E-state index in [1.165, 1.54) is 38.5 Å². The zero-order chi connectivity index (χ0) is 117. The van der Waals surface area contributed by atoms with Crippen molar-refractivity contribution in [1.29, 1.82) is 0 Å². The Kier molecular flexibility index (Phi) is 94.8. The summed E-state index contributed by atoms with van der Waals surface area (Å²) < 4.78 is 516. The first-order valence-corrected chi connectivity index (χ1v) is 63.0. The van der Waals surface area contributed by atoms with E-state index in [4.69, 9.17) is 70.8 Å². The zero-order valence-electron chi connectivity index (χ0n) is 81.7. The number of carbonyl (C=O) groups is 4. The third kappa shape index (κ3) is 95.2. The number of unbranched alkanes of at least 4 members (excludes halogenated alkanes) is 1. The lowest BCUT2D eigenvalue weighted by Crippen LogP contribution is -2.55. The minimum atomic E-state index is -5.66. The summed E-state index contributed by atoms with van der Waals surface area (Å²) in [7, 11) is -9.54. The van der Waals surface area contributed by atoms with Gasteiger partial charge in [0.15, 0.2) is 66.8 Å². The van der Waals surface area contributed by atoms with Crippen LogP contribution in [0.4, 0.5) is 206 Å². The van der Waals surface area contributed by atoms with Gasteiger partial charge in [0.1, 0.15) is 19.3 Å². The molecule has 4 heterocycles. The van der Waals surface area contributed by atoms with Crippen LogP contribution in [0.1, 0.15) is 114 Å². The maximum absolute atomic E-state index is 13.7. The number of alkyl halides is 33. The summed E-state index contributed by atoms with van der Waals surface area (Å²) in [5.74, 6) is -9.50. The fourth-order valence-corrected chi connectivity index (χ4v) is 41.0. The molecule has 0 spiro atoms. The Balaban J connectivity index is -0.000000219. The number of ether oxygens (including phenoxy) is 1. The van der Waals surface area contributed by atoms with Gasteiger partial charge in [0.05, 0.1) is 0 Å². The lowest BCUT2D eigenvalue weighted by atomic mass is 10.1. The predicted octanol–water partition coefficient (Wildman–Crippen LogP) is 27.8. The molecule has 0 aromatic heterocycles. The van der Waals surface area contributed by atoms with Gasteiger partial charge in [-0.15, -0.1) is 0 Å². The summed E-state index contributed by atoms with van der Waals surface area (Å²) in [6.45, 7) is 5.16. The molecule has 72 heteroatoms. The van der Waals surface area contributed by atoms with E-state index in [9.17, 15) is 178 Å². The highest BCUT2D eigenvalue weighted by Gasteiger charge is 2.64. The van der Waals surface area contributed by atoms with E-state index in [0.29, 0.717) is 43.4 Å². The van der Waals surface area contributed by atoms with Crippen molar-refractivity contribution in [3.63, 3.8) is 0 Å². The van der Waals surface area contributed by atoms with Gasteiger partial charge in [-0.25, -0.2) is 35.1 Å². The van der Waals surface area contributed by atoms with E-state index in [1.807, 2.05) is 43.2 Å². The number of hydrogen-bond donors (Lipinski definition) is 1. The average Bonchev–Trinajstić information content (AvgIpc) is 0.797. The molecule has 9 atom stereocenters. The molecular formula is C76H126F44N4O16Si8. The van der Waals surface area contributed by atoms with Crippen molar-refractivity contribution in [2.24, 2.45) is 0 Å². The summed E-state index contributed by atoms with van der Waals surface area (Å²) in [6.07, 6.45) is -27.6. The van der Waals surface area contributed by atoms with E-state index in [1.54, 1.807) is 30.3 Å². The molecule has 4 aliphatic rings. The second-order valence-electron chi connectivity index (χ2n) is 31.8. The second kappa shape index (κ2) is 87.7. The van der Waals surface area contributed by atoms with Crippen LogP contribution in [0.15, 0.2) is 48.5 Å². The first kappa shape index (κ1) is 160. The highest BCUT2D eigenvalue weighted by Crippen LogP contribution is 2.38. The van der Waals surface area contributed by atoms with Crippen LogP contribution in [0.3, 0.4) is 0 Å². The molecule has 4 aliphatic heterocycles. The molecule has 9 unspecified atom stereocenters. The van der Waals surface area contributed by atoms with Crippen molar-refractivity contribution in [2.45, 2.75) is 272 Å². The third-order valence-electron chi connectivity index (χ3n) is 19.0. The number of anilines is 2. The number of aryl methyl sites for hydroxylation is 2. The Labute approximate surface area is 836 Å². The normalized spacial score (nSPS) is 20.5. The number of hydrogen-bond acceptors (Lipinski definition) is 16. The van der Waals surface area contributed by atoms with Gasteiger partial charge in [-0.1, -0.05) is 56.4 Å². The van der Waals surface area contributed by atoms with Crippen LogP contribution in [-0.2, 0) is 85.7 Å². The number of rotatable bonds is 28. The molecule has 0 bridgehead atoms. The van der Waals surface area contributed by atoms with Crippen molar-refractivity contribution in [3.8, 4) is 0 Å². The van der Waals surface area contributed by atoms with Crippen molar-refractivity contribution in [3.05, 3.63) is 59.7 Å². The zero-order valence-corrected chi connectivity index (χ0v) is 90.3. The molecule has 886 valence electrons.